The van der Waals surface area contributed by atoms with Gasteiger partial charge in [0.15, 0.2) is 11.5 Å². The Morgan fingerprint density at radius 3 is 2.75 bits per heavy atom. The summed E-state index contributed by atoms with van der Waals surface area (Å²) in [5, 5.41) is 1.16. The van der Waals surface area contributed by atoms with Crippen LogP contribution in [0.4, 0.5) is 5.69 Å². The molecule has 0 unspecified atom stereocenters. The van der Waals surface area contributed by atoms with Crippen molar-refractivity contribution in [2.45, 2.75) is 25.4 Å². The fourth-order valence-electron chi connectivity index (χ4n) is 4.98. The summed E-state index contributed by atoms with van der Waals surface area (Å²) in [5.41, 5.74) is 3.94. The lowest BCUT2D eigenvalue weighted by molar-refractivity contribution is -0.123. The van der Waals surface area contributed by atoms with Crippen molar-refractivity contribution < 1.29 is 23.8 Å². The molecule has 8 nitrogen and oxygen atoms in total. The summed E-state index contributed by atoms with van der Waals surface area (Å²) in [5.74, 6) is 1.65. The minimum absolute atomic E-state index is 0.177. The molecule has 1 aromatic heterocycles. The highest BCUT2D eigenvalue weighted by Gasteiger charge is 2.44. The van der Waals surface area contributed by atoms with Crippen molar-refractivity contribution in [2.24, 2.45) is 0 Å². The standard InChI is InChI=1S/C24H23N3O5/c1-30-15-3-4-18-17(11-15)16-6-7-26(13-19(16)25-18)20-12-23(28)27(24(20)29)14-2-5-21-22(10-14)32-9-8-31-21/h2-5,10-11,20,25H,6-9,12-13H2,1H3/t20-/m0/s1. The molecule has 1 fully saturated rings. The van der Waals surface area contributed by atoms with Crippen LogP contribution in [0.15, 0.2) is 36.4 Å². The second-order valence-corrected chi connectivity index (χ2v) is 8.33. The largest absolute Gasteiger partial charge is 0.497 e. The predicted molar refractivity (Wildman–Crippen MR) is 117 cm³/mol. The smallest absolute Gasteiger partial charge is 0.251 e. The van der Waals surface area contributed by atoms with Crippen LogP contribution in [0.5, 0.6) is 17.2 Å². The lowest BCUT2D eigenvalue weighted by Crippen LogP contribution is -2.44. The number of nitrogens with zero attached hydrogens (tertiary/aromatic N) is 2. The normalized spacial score (nSPS) is 20.7. The first kappa shape index (κ1) is 19.2. The molecule has 0 spiro atoms. The number of carbonyl (C=O) groups excluding carboxylic acids is 2. The average molecular weight is 433 g/mol. The quantitative estimate of drug-likeness (QED) is 0.640. The molecule has 3 aromatic rings. The Morgan fingerprint density at radius 1 is 1.06 bits per heavy atom. The van der Waals surface area contributed by atoms with E-state index in [0.717, 1.165) is 35.3 Å². The van der Waals surface area contributed by atoms with Crippen LogP contribution in [-0.2, 0) is 22.6 Å². The first-order valence-corrected chi connectivity index (χ1v) is 10.8. The van der Waals surface area contributed by atoms with E-state index in [-0.39, 0.29) is 18.2 Å². The number of ether oxygens (including phenoxy) is 3. The number of rotatable bonds is 3. The van der Waals surface area contributed by atoms with E-state index in [1.165, 1.54) is 10.5 Å². The molecule has 1 saturated heterocycles. The Morgan fingerprint density at radius 2 is 1.91 bits per heavy atom. The van der Waals surface area contributed by atoms with Gasteiger partial charge in [0.2, 0.25) is 5.91 Å². The number of amides is 2. The molecule has 164 valence electrons. The maximum absolute atomic E-state index is 13.3. The van der Waals surface area contributed by atoms with Gasteiger partial charge in [-0.3, -0.25) is 14.5 Å². The first-order chi connectivity index (χ1) is 15.6. The monoisotopic (exact) mass is 433 g/mol. The molecule has 0 radical (unpaired) electrons. The molecule has 1 atom stereocenters. The van der Waals surface area contributed by atoms with Gasteiger partial charge >= 0.3 is 0 Å². The number of imide groups is 1. The van der Waals surface area contributed by atoms with E-state index < -0.39 is 6.04 Å². The molecular formula is C24H23N3O5. The summed E-state index contributed by atoms with van der Waals surface area (Å²) in [6, 6.07) is 10.7. The Labute approximate surface area is 184 Å². The summed E-state index contributed by atoms with van der Waals surface area (Å²) in [6.07, 6.45) is 0.987. The van der Waals surface area contributed by atoms with Gasteiger partial charge < -0.3 is 19.2 Å². The van der Waals surface area contributed by atoms with Gasteiger partial charge in [-0.2, -0.15) is 0 Å². The van der Waals surface area contributed by atoms with Crippen LogP contribution in [0.25, 0.3) is 10.9 Å². The Hall–Kier alpha value is -3.52. The maximum atomic E-state index is 13.3. The number of hydrogen-bond donors (Lipinski definition) is 1. The summed E-state index contributed by atoms with van der Waals surface area (Å²) in [6.45, 7) is 2.27. The number of methoxy groups -OCH3 is 1. The third-order valence-electron chi connectivity index (χ3n) is 6.56. The van der Waals surface area contributed by atoms with Crippen LogP contribution in [0.2, 0.25) is 0 Å². The Bertz CT molecular complexity index is 1250. The van der Waals surface area contributed by atoms with E-state index in [1.54, 1.807) is 25.3 Å². The molecule has 0 saturated carbocycles. The van der Waals surface area contributed by atoms with E-state index in [4.69, 9.17) is 14.2 Å². The van der Waals surface area contributed by atoms with Crippen LogP contribution in [0, 0.1) is 0 Å². The van der Waals surface area contributed by atoms with Crippen molar-refractivity contribution in [3.8, 4) is 17.2 Å². The van der Waals surface area contributed by atoms with Gasteiger partial charge in [-0.25, -0.2) is 4.90 Å². The molecule has 2 aromatic carbocycles. The second-order valence-electron chi connectivity index (χ2n) is 8.33. The number of hydrogen-bond acceptors (Lipinski definition) is 6. The van der Waals surface area contributed by atoms with Crippen LogP contribution in [0.3, 0.4) is 0 Å². The van der Waals surface area contributed by atoms with Crippen molar-refractivity contribution in [2.75, 3.05) is 31.8 Å². The van der Waals surface area contributed by atoms with Gasteiger partial charge in [-0.05, 0) is 42.3 Å². The number of fused-ring (bicyclic) bond motifs is 4. The Kier molecular flexibility index (Phi) is 4.36. The topological polar surface area (TPSA) is 84.1 Å². The van der Waals surface area contributed by atoms with Gasteiger partial charge in [-0.15, -0.1) is 0 Å². The highest BCUT2D eigenvalue weighted by atomic mass is 16.6. The van der Waals surface area contributed by atoms with Crippen molar-refractivity contribution >= 4 is 28.4 Å². The van der Waals surface area contributed by atoms with Crippen molar-refractivity contribution in [1.82, 2.24) is 9.88 Å². The van der Waals surface area contributed by atoms with E-state index in [2.05, 4.69) is 9.88 Å². The Balaban J connectivity index is 1.26. The van der Waals surface area contributed by atoms with Crippen LogP contribution >= 0.6 is 0 Å². The molecule has 2 amide bonds. The maximum Gasteiger partial charge on any atom is 0.251 e. The highest BCUT2D eigenvalue weighted by molar-refractivity contribution is 6.22. The zero-order chi connectivity index (χ0) is 21.8. The summed E-state index contributed by atoms with van der Waals surface area (Å²) in [4.78, 5) is 33.0. The van der Waals surface area contributed by atoms with E-state index >= 15 is 0 Å². The zero-order valence-electron chi connectivity index (χ0n) is 17.7. The predicted octanol–water partition coefficient (Wildman–Crippen LogP) is 2.64. The summed E-state index contributed by atoms with van der Waals surface area (Å²) < 4.78 is 16.5. The fraction of sp³-hybridized carbons (Fsp3) is 0.333. The van der Waals surface area contributed by atoms with Gasteiger partial charge in [0.05, 0.1) is 25.3 Å². The van der Waals surface area contributed by atoms with E-state index in [9.17, 15) is 9.59 Å². The van der Waals surface area contributed by atoms with Gasteiger partial charge in [0.1, 0.15) is 19.0 Å². The number of aromatic amines is 1. The lowest BCUT2D eigenvalue weighted by atomic mass is 10.0. The second kappa shape index (κ2) is 7.27. The minimum Gasteiger partial charge on any atom is -0.497 e. The SMILES string of the molecule is COc1ccc2[nH]c3c(c2c1)CCN([C@H]1CC(=O)N(c2ccc4c(c2)OCCO4)C1=O)C3. The van der Waals surface area contributed by atoms with Crippen LogP contribution in [0.1, 0.15) is 17.7 Å². The van der Waals surface area contributed by atoms with Gasteiger partial charge in [0.25, 0.3) is 5.91 Å². The highest BCUT2D eigenvalue weighted by Crippen LogP contribution is 2.37. The fourth-order valence-corrected chi connectivity index (χ4v) is 4.98. The third-order valence-corrected chi connectivity index (χ3v) is 6.56. The van der Waals surface area contributed by atoms with Crippen LogP contribution in [-0.4, -0.2) is 54.6 Å². The van der Waals surface area contributed by atoms with E-state index in [1.807, 2.05) is 18.2 Å². The molecule has 3 aliphatic heterocycles. The number of H-pyrrole nitrogens is 1. The third kappa shape index (κ3) is 2.94. The van der Waals surface area contributed by atoms with Gasteiger partial charge in [0, 0.05) is 35.8 Å². The number of benzene rings is 2. The molecule has 0 bridgehead atoms. The van der Waals surface area contributed by atoms with Crippen molar-refractivity contribution in [1.29, 1.82) is 0 Å². The first-order valence-electron chi connectivity index (χ1n) is 10.8. The van der Waals surface area contributed by atoms with Gasteiger partial charge in [-0.1, -0.05) is 0 Å². The molecule has 3 aliphatic rings. The molecule has 8 heteroatoms. The summed E-state index contributed by atoms with van der Waals surface area (Å²) in [7, 11) is 1.66. The number of nitrogens with one attached hydrogen (secondary N) is 1. The molecule has 6 rings (SSSR count). The lowest BCUT2D eigenvalue weighted by Gasteiger charge is -2.31. The van der Waals surface area contributed by atoms with E-state index in [0.29, 0.717) is 36.9 Å². The van der Waals surface area contributed by atoms with Crippen LogP contribution < -0.4 is 19.1 Å². The molecule has 4 heterocycles. The zero-order valence-corrected chi connectivity index (χ0v) is 17.7. The molecule has 1 N–H and O–H groups in total. The average Bonchev–Trinajstić information content (AvgIpc) is 3.33. The molecule has 0 aliphatic carbocycles. The van der Waals surface area contributed by atoms with Crippen molar-refractivity contribution in [3.05, 3.63) is 47.7 Å². The summed E-state index contributed by atoms with van der Waals surface area (Å²) >= 11 is 0. The minimum atomic E-state index is -0.468. The number of anilines is 1. The van der Waals surface area contributed by atoms with Crippen molar-refractivity contribution in [3.63, 3.8) is 0 Å². The molecular weight excluding hydrogens is 410 g/mol. The molecule has 32 heavy (non-hydrogen) atoms. The number of aromatic nitrogens is 1. The number of carbonyl (C=O) groups is 2.